The zero-order valence-corrected chi connectivity index (χ0v) is 20.9. The van der Waals surface area contributed by atoms with Crippen LogP contribution >= 0.6 is 11.3 Å². The standard InChI is InChI=1S/C24H29N3O4S2/c1-5-27-21-11-8-19(31-4)13-22(21)32-24(27)25-23(28)18-6-9-20(10-7-18)33(29,30)26-14-16(2)12-17(3)15-26/h6-11,13,16-17H,5,12,14-15H2,1-4H3/t16-,17-/m0/s1. The number of carbonyl (C=O) groups is 1. The van der Waals surface area contributed by atoms with Gasteiger partial charge in [-0.1, -0.05) is 25.2 Å². The molecule has 0 aliphatic carbocycles. The fraction of sp³-hybridized carbons (Fsp3) is 0.417. The van der Waals surface area contributed by atoms with E-state index in [-0.39, 0.29) is 4.90 Å². The van der Waals surface area contributed by atoms with Gasteiger partial charge in [0.1, 0.15) is 5.75 Å². The number of methoxy groups -OCH3 is 1. The third-order valence-corrected chi connectivity index (χ3v) is 8.86. The van der Waals surface area contributed by atoms with Gasteiger partial charge in [0.05, 0.1) is 22.2 Å². The lowest BCUT2D eigenvalue weighted by Gasteiger charge is -2.34. The highest BCUT2D eigenvalue weighted by Crippen LogP contribution is 2.27. The van der Waals surface area contributed by atoms with Crippen molar-refractivity contribution in [2.24, 2.45) is 16.8 Å². The first-order valence-electron chi connectivity index (χ1n) is 11.1. The number of rotatable bonds is 5. The number of aryl methyl sites for hydroxylation is 1. The molecule has 2 aromatic carbocycles. The van der Waals surface area contributed by atoms with Crippen molar-refractivity contribution in [1.82, 2.24) is 8.87 Å². The topological polar surface area (TPSA) is 81.0 Å². The van der Waals surface area contributed by atoms with Crippen LogP contribution in [0.25, 0.3) is 10.2 Å². The minimum atomic E-state index is -3.59. The number of thiazole rings is 1. The van der Waals surface area contributed by atoms with Crippen LogP contribution in [0, 0.1) is 11.8 Å². The van der Waals surface area contributed by atoms with Crippen molar-refractivity contribution in [2.45, 2.75) is 38.6 Å². The Morgan fingerprint density at radius 1 is 1.12 bits per heavy atom. The first kappa shape index (κ1) is 23.7. The van der Waals surface area contributed by atoms with Crippen molar-refractivity contribution >= 4 is 37.5 Å². The van der Waals surface area contributed by atoms with E-state index in [2.05, 4.69) is 18.8 Å². The van der Waals surface area contributed by atoms with E-state index in [0.717, 1.165) is 22.4 Å². The van der Waals surface area contributed by atoms with Crippen molar-refractivity contribution in [1.29, 1.82) is 0 Å². The predicted octanol–water partition coefficient (Wildman–Crippen LogP) is 4.14. The Labute approximate surface area is 198 Å². The largest absolute Gasteiger partial charge is 0.497 e. The smallest absolute Gasteiger partial charge is 0.279 e. The van der Waals surface area contributed by atoms with Crippen molar-refractivity contribution in [3.63, 3.8) is 0 Å². The van der Waals surface area contributed by atoms with Crippen molar-refractivity contribution in [3.8, 4) is 5.75 Å². The van der Waals surface area contributed by atoms with Crippen LogP contribution in [0.5, 0.6) is 5.75 Å². The van der Waals surface area contributed by atoms with E-state index in [0.29, 0.717) is 41.8 Å². The molecule has 3 aromatic rings. The van der Waals surface area contributed by atoms with Gasteiger partial charge in [0, 0.05) is 25.2 Å². The summed E-state index contributed by atoms with van der Waals surface area (Å²) in [4.78, 5) is 18.0. The number of sulfonamides is 1. The van der Waals surface area contributed by atoms with Crippen LogP contribution < -0.4 is 9.54 Å². The lowest BCUT2D eigenvalue weighted by atomic mass is 9.94. The first-order chi connectivity index (χ1) is 15.7. The molecule has 1 aromatic heterocycles. The van der Waals surface area contributed by atoms with Crippen LogP contribution in [0.15, 0.2) is 52.4 Å². The minimum Gasteiger partial charge on any atom is -0.497 e. The highest BCUT2D eigenvalue weighted by molar-refractivity contribution is 7.89. The normalized spacial score (nSPS) is 20.3. The number of hydrogen-bond acceptors (Lipinski definition) is 5. The Kier molecular flexibility index (Phi) is 6.74. The number of carbonyl (C=O) groups excluding carboxylic acids is 1. The molecule has 0 N–H and O–H groups in total. The number of hydrogen-bond donors (Lipinski definition) is 0. The SMILES string of the molecule is CCn1c(=NC(=O)c2ccc(S(=O)(=O)N3C[C@@H](C)C[C@H](C)C3)cc2)sc2cc(OC)ccc21. The molecular formula is C24H29N3O4S2. The third-order valence-electron chi connectivity index (χ3n) is 5.98. The summed E-state index contributed by atoms with van der Waals surface area (Å²) in [5.41, 5.74) is 1.34. The molecule has 176 valence electrons. The number of piperidine rings is 1. The maximum absolute atomic E-state index is 13.1. The van der Waals surface area contributed by atoms with Gasteiger partial charge in [0.15, 0.2) is 4.80 Å². The van der Waals surface area contributed by atoms with E-state index >= 15 is 0 Å². The van der Waals surface area contributed by atoms with Gasteiger partial charge in [-0.25, -0.2) is 8.42 Å². The van der Waals surface area contributed by atoms with Gasteiger partial charge in [0.2, 0.25) is 10.0 Å². The molecule has 0 unspecified atom stereocenters. The van der Waals surface area contributed by atoms with Gasteiger partial charge in [-0.15, -0.1) is 0 Å². The van der Waals surface area contributed by atoms with Crippen LogP contribution in [-0.2, 0) is 16.6 Å². The van der Waals surface area contributed by atoms with Crippen LogP contribution in [0.1, 0.15) is 37.6 Å². The maximum Gasteiger partial charge on any atom is 0.279 e. The summed E-state index contributed by atoms with van der Waals surface area (Å²) in [5, 5.41) is 0. The number of nitrogens with zero attached hydrogens (tertiary/aromatic N) is 3. The molecule has 2 atom stereocenters. The van der Waals surface area contributed by atoms with E-state index in [1.165, 1.54) is 23.5 Å². The molecule has 4 rings (SSSR count). The fourth-order valence-corrected chi connectivity index (χ4v) is 7.24. The van der Waals surface area contributed by atoms with Gasteiger partial charge >= 0.3 is 0 Å². The van der Waals surface area contributed by atoms with E-state index in [9.17, 15) is 13.2 Å². The molecule has 2 heterocycles. The highest BCUT2D eigenvalue weighted by atomic mass is 32.2. The molecule has 1 amide bonds. The Hall–Kier alpha value is -2.49. The van der Waals surface area contributed by atoms with Crippen LogP contribution in [0.3, 0.4) is 0 Å². The quantitative estimate of drug-likeness (QED) is 0.542. The summed E-state index contributed by atoms with van der Waals surface area (Å²) in [6.07, 6.45) is 1.03. The number of fused-ring (bicyclic) bond motifs is 1. The number of benzene rings is 2. The molecular weight excluding hydrogens is 458 g/mol. The maximum atomic E-state index is 13.1. The summed E-state index contributed by atoms with van der Waals surface area (Å²) in [6, 6.07) is 11.9. The lowest BCUT2D eigenvalue weighted by molar-refractivity contribution is 0.0997. The summed E-state index contributed by atoms with van der Waals surface area (Å²) in [7, 11) is -1.97. The molecule has 1 aliphatic rings. The van der Waals surface area contributed by atoms with Crippen LogP contribution in [0.4, 0.5) is 0 Å². The Balaban J connectivity index is 1.62. The zero-order valence-electron chi connectivity index (χ0n) is 19.3. The van der Waals surface area contributed by atoms with E-state index < -0.39 is 15.9 Å². The Morgan fingerprint density at radius 2 is 1.79 bits per heavy atom. The highest BCUT2D eigenvalue weighted by Gasteiger charge is 2.31. The first-order valence-corrected chi connectivity index (χ1v) is 13.3. The molecule has 1 aliphatic heterocycles. The second-order valence-corrected chi connectivity index (χ2v) is 11.6. The second-order valence-electron chi connectivity index (χ2n) is 8.67. The van der Waals surface area contributed by atoms with E-state index in [1.807, 2.05) is 29.7 Å². The van der Waals surface area contributed by atoms with Gasteiger partial charge < -0.3 is 9.30 Å². The zero-order chi connectivity index (χ0) is 23.8. The summed E-state index contributed by atoms with van der Waals surface area (Å²) >= 11 is 1.42. The van der Waals surface area contributed by atoms with Crippen LogP contribution in [0.2, 0.25) is 0 Å². The molecule has 0 bridgehead atoms. The fourth-order valence-electron chi connectivity index (χ4n) is 4.44. The Bertz CT molecular complexity index is 1330. The van der Waals surface area contributed by atoms with Gasteiger partial charge in [0.25, 0.3) is 5.91 Å². The predicted molar refractivity (Wildman–Crippen MR) is 130 cm³/mol. The lowest BCUT2D eigenvalue weighted by Crippen LogP contribution is -2.42. The number of aromatic nitrogens is 1. The van der Waals surface area contributed by atoms with Crippen molar-refractivity contribution < 1.29 is 17.9 Å². The minimum absolute atomic E-state index is 0.206. The van der Waals surface area contributed by atoms with E-state index in [4.69, 9.17) is 4.74 Å². The molecule has 0 radical (unpaired) electrons. The molecule has 7 nitrogen and oxygen atoms in total. The monoisotopic (exact) mass is 487 g/mol. The molecule has 9 heteroatoms. The molecule has 0 saturated carbocycles. The third kappa shape index (κ3) is 4.76. The summed E-state index contributed by atoms with van der Waals surface area (Å²) in [5.74, 6) is 1.00. The summed E-state index contributed by atoms with van der Waals surface area (Å²) in [6.45, 7) is 7.87. The number of amides is 1. The molecule has 1 fully saturated rings. The second kappa shape index (κ2) is 9.40. The van der Waals surface area contributed by atoms with Crippen molar-refractivity contribution in [3.05, 3.63) is 52.8 Å². The molecule has 33 heavy (non-hydrogen) atoms. The van der Waals surface area contributed by atoms with Crippen molar-refractivity contribution in [2.75, 3.05) is 20.2 Å². The van der Waals surface area contributed by atoms with Gasteiger partial charge in [-0.05, 0) is 67.6 Å². The van der Waals surface area contributed by atoms with Gasteiger partial charge in [-0.2, -0.15) is 9.30 Å². The Morgan fingerprint density at radius 3 is 2.39 bits per heavy atom. The van der Waals surface area contributed by atoms with Crippen LogP contribution in [-0.4, -0.2) is 43.4 Å². The molecule has 0 spiro atoms. The average Bonchev–Trinajstić information content (AvgIpc) is 3.14. The average molecular weight is 488 g/mol. The van der Waals surface area contributed by atoms with E-state index in [1.54, 1.807) is 23.5 Å². The molecule has 1 saturated heterocycles. The summed E-state index contributed by atoms with van der Waals surface area (Å²) < 4.78 is 36.0. The van der Waals surface area contributed by atoms with Gasteiger partial charge in [-0.3, -0.25) is 4.79 Å². The number of ether oxygens (including phenoxy) is 1.